The lowest BCUT2D eigenvalue weighted by atomic mass is 10.1. The number of anilines is 1. The number of hydrogen-bond donors (Lipinski definition) is 3. The summed E-state index contributed by atoms with van der Waals surface area (Å²) < 4.78 is 5.62. The minimum atomic E-state index is -0.698. The van der Waals surface area contributed by atoms with E-state index < -0.39 is 6.04 Å². The highest BCUT2D eigenvalue weighted by atomic mass is 16.3. The van der Waals surface area contributed by atoms with Gasteiger partial charge in [0.1, 0.15) is 17.4 Å². The third-order valence-corrected chi connectivity index (χ3v) is 7.00. The number of furan rings is 1. The molecule has 1 atom stereocenters. The van der Waals surface area contributed by atoms with Crippen molar-refractivity contribution in [3.63, 3.8) is 0 Å². The fraction of sp³-hybridized carbons (Fsp3) is 0.290. The molecule has 40 heavy (non-hydrogen) atoms. The minimum absolute atomic E-state index is 0.0203. The van der Waals surface area contributed by atoms with Crippen molar-refractivity contribution < 1.29 is 14.0 Å². The Morgan fingerprint density at radius 1 is 1.07 bits per heavy atom. The van der Waals surface area contributed by atoms with Crippen LogP contribution in [0.1, 0.15) is 30.6 Å². The first-order valence-electron chi connectivity index (χ1n) is 13.5. The van der Waals surface area contributed by atoms with Gasteiger partial charge in [-0.15, -0.1) is 0 Å². The van der Waals surface area contributed by atoms with Crippen molar-refractivity contribution in [3.05, 3.63) is 78.1 Å². The molecule has 0 unspecified atom stereocenters. The molecule has 1 aromatic heterocycles. The summed E-state index contributed by atoms with van der Waals surface area (Å²) in [5.41, 5.74) is 2.62. The SMILES string of the molecule is Cc1cc2cc(NC(=N[C@H]3CCCCN(CC(=O)NCCc4ccc5ccccc5c4)C3=O)NC#N)ccc2o1. The van der Waals surface area contributed by atoms with Crippen molar-refractivity contribution in [3.8, 4) is 6.19 Å². The smallest absolute Gasteiger partial charge is 0.247 e. The van der Waals surface area contributed by atoms with Gasteiger partial charge in [0.25, 0.3) is 0 Å². The Labute approximate surface area is 232 Å². The number of aliphatic imine (C=N–C) groups is 1. The highest BCUT2D eigenvalue weighted by Crippen LogP contribution is 2.23. The molecule has 1 aliphatic heterocycles. The highest BCUT2D eigenvalue weighted by Gasteiger charge is 2.28. The van der Waals surface area contributed by atoms with Crippen molar-refractivity contribution in [2.45, 2.75) is 38.6 Å². The van der Waals surface area contributed by atoms with E-state index in [-0.39, 0.29) is 24.3 Å². The molecule has 1 aliphatic rings. The Kier molecular flexibility index (Phi) is 8.26. The molecule has 0 bridgehead atoms. The van der Waals surface area contributed by atoms with Gasteiger partial charge in [0.2, 0.25) is 17.8 Å². The molecule has 3 N–H and O–H groups in total. The number of carbonyl (C=O) groups is 2. The van der Waals surface area contributed by atoms with Crippen LogP contribution in [0.3, 0.4) is 0 Å². The molecule has 5 rings (SSSR count). The third-order valence-electron chi connectivity index (χ3n) is 7.00. The lowest BCUT2D eigenvalue weighted by Gasteiger charge is -2.22. The maximum absolute atomic E-state index is 13.4. The van der Waals surface area contributed by atoms with Gasteiger partial charge in [0.15, 0.2) is 6.19 Å². The molecule has 1 fully saturated rings. The largest absolute Gasteiger partial charge is 0.461 e. The lowest BCUT2D eigenvalue weighted by molar-refractivity contribution is -0.136. The van der Waals surface area contributed by atoms with Crippen molar-refractivity contribution >= 4 is 45.2 Å². The van der Waals surface area contributed by atoms with Crippen LogP contribution in [0.15, 0.2) is 76.1 Å². The summed E-state index contributed by atoms with van der Waals surface area (Å²) in [6.07, 6.45) is 4.71. The van der Waals surface area contributed by atoms with Crippen LogP contribution in [0.5, 0.6) is 0 Å². The van der Waals surface area contributed by atoms with Crippen molar-refractivity contribution in [1.29, 1.82) is 5.26 Å². The quantitative estimate of drug-likeness (QED) is 0.139. The molecule has 2 heterocycles. The Morgan fingerprint density at radius 3 is 2.77 bits per heavy atom. The molecule has 204 valence electrons. The van der Waals surface area contributed by atoms with Crippen LogP contribution in [-0.4, -0.2) is 48.3 Å². The highest BCUT2D eigenvalue weighted by molar-refractivity contribution is 5.98. The Morgan fingerprint density at radius 2 is 1.93 bits per heavy atom. The van der Waals surface area contributed by atoms with E-state index in [4.69, 9.17) is 4.42 Å². The number of fused-ring (bicyclic) bond motifs is 2. The molecule has 2 amide bonds. The lowest BCUT2D eigenvalue weighted by Crippen LogP contribution is -2.44. The number of likely N-dealkylation sites (tertiary alicyclic amines) is 1. The fourth-order valence-electron chi connectivity index (χ4n) is 5.03. The molecule has 0 radical (unpaired) electrons. The normalized spacial score (nSPS) is 16.0. The molecule has 9 heteroatoms. The molecular formula is C31H32N6O3. The van der Waals surface area contributed by atoms with Crippen LogP contribution < -0.4 is 16.0 Å². The summed E-state index contributed by atoms with van der Waals surface area (Å²) >= 11 is 0. The van der Waals surface area contributed by atoms with Crippen LogP contribution in [0.2, 0.25) is 0 Å². The van der Waals surface area contributed by atoms with Gasteiger partial charge in [-0.1, -0.05) is 42.5 Å². The number of nitrogens with one attached hydrogen (secondary N) is 3. The standard InChI is InChI=1S/C31H32N6O3/c1-21-16-25-18-26(11-12-28(25)40-21)35-31(34-20-32)36-27-8-4-5-15-37(30(27)39)19-29(38)33-14-13-22-9-10-23-6-2-3-7-24(23)17-22/h2-3,6-7,9-12,16-18,27H,4-5,8,13-15,19H2,1H3,(H,33,38)(H2,34,35,36)/t27-/m0/s1. The first-order valence-corrected chi connectivity index (χ1v) is 13.5. The summed E-state index contributed by atoms with van der Waals surface area (Å²) in [4.78, 5) is 32.2. The number of guanidine groups is 1. The zero-order valence-corrected chi connectivity index (χ0v) is 22.4. The monoisotopic (exact) mass is 536 g/mol. The molecule has 0 aliphatic carbocycles. The minimum Gasteiger partial charge on any atom is -0.461 e. The summed E-state index contributed by atoms with van der Waals surface area (Å²) in [5, 5.41) is 21.2. The number of hydrogen-bond acceptors (Lipinski definition) is 5. The predicted molar refractivity (Wildman–Crippen MR) is 156 cm³/mol. The average molecular weight is 537 g/mol. The second-order valence-electron chi connectivity index (χ2n) is 10.0. The number of amides is 2. The van der Waals surface area contributed by atoms with Crippen molar-refractivity contribution in [1.82, 2.24) is 15.5 Å². The van der Waals surface area contributed by atoms with E-state index in [9.17, 15) is 14.9 Å². The molecule has 3 aromatic carbocycles. The average Bonchev–Trinajstić information content (AvgIpc) is 3.24. The number of aryl methyl sites for hydroxylation is 1. The van der Waals surface area contributed by atoms with Gasteiger partial charge < -0.3 is 20.0 Å². The molecule has 1 saturated heterocycles. The topological polar surface area (TPSA) is 123 Å². The van der Waals surface area contributed by atoms with E-state index in [1.165, 1.54) is 10.8 Å². The molecule has 0 saturated carbocycles. The van der Waals surface area contributed by atoms with Crippen LogP contribution in [0.4, 0.5) is 5.69 Å². The van der Waals surface area contributed by atoms with Gasteiger partial charge in [-0.05, 0) is 73.2 Å². The predicted octanol–water partition coefficient (Wildman–Crippen LogP) is 4.47. The number of carbonyl (C=O) groups excluding carboxylic acids is 2. The molecular weight excluding hydrogens is 504 g/mol. The molecule has 9 nitrogen and oxygen atoms in total. The van der Waals surface area contributed by atoms with Gasteiger partial charge >= 0.3 is 0 Å². The number of nitriles is 1. The summed E-state index contributed by atoms with van der Waals surface area (Å²) in [7, 11) is 0. The second kappa shape index (κ2) is 12.3. The summed E-state index contributed by atoms with van der Waals surface area (Å²) in [6, 6.07) is 21.3. The van der Waals surface area contributed by atoms with Gasteiger partial charge in [-0.25, -0.2) is 4.99 Å². The zero-order chi connectivity index (χ0) is 27.9. The number of rotatable bonds is 7. The van der Waals surface area contributed by atoms with Gasteiger partial charge in [-0.2, -0.15) is 5.26 Å². The van der Waals surface area contributed by atoms with E-state index in [1.54, 1.807) is 4.90 Å². The van der Waals surface area contributed by atoms with Crippen molar-refractivity contribution in [2.24, 2.45) is 4.99 Å². The first kappa shape index (κ1) is 26.8. The zero-order valence-electron chi connectivity index (χ0n) is 22.4. The van der Waals surface area contributed by atoms with Gasteiger partial charge in [0, 0.05) is 24.2 Å². The Balaban J connectivity index is 1.19. The van der Waals surface area contributed by atoms with E-state index in [1.807, 2.05) is 49.5 Å². The summed E-state index contributed by atoms with van der Waals surface area (Å²) in [6.45, 7) is 2.84. The van der Waals surface area contributed by atoms with Gasteiger partial charge in [0.05, 0.1) is 6.54 Å². The van der Waals surface area contributed by atoms with E-state index in [2.05, 4.69) is 51.3 Å². The van der Waals surface area contributed by atoms with Crippen LogP contribution in [0.25, 0.3) is 21.7 Å². The number of nitrogens with zero attached hydrogens (tertiary/aromatic N) is 3. The van der Waals surface area contributed by atoms with Crippen LogP contribution >= 0.6 is 0 Å². The second-order valence-corrected chi connectivity index (χ2v) is 10.0. The molecule has 4 aromatic rings. The summed E-state index contributed by atoms with van der Waals surface area (Å²) in [5.74, 6) is 0.568. The van der Waals surface area contributed by atoms with Crippen LogP contribution in [-0.2, 0) is 16.0 Å². The first-order chi connectivity index (χ1) is 19.5. The molecule has 0 spiro atoms. The van der Waals surface area contributed by atoms with E-state index in [0.29, 0.717) is 31.6 Å². The van der Waals surface area contributed by atoms with Crippen LogP contribution in [0, 0.1) is 18.4 Å². The Hall–Kier alpha value is -4.84. The van der Waals surface area contributed by atoms with E-state index in [0.717, 1.165) is 35.1 Å². The Bertz CT molecular complexity index is 1600. The maximum Gasteiger partial charge on any atom is 0.247 e. The fourth-order valence-corrected chi connectivity index (χ4v) is 5.03. The van der Waals surface area contributed by atoms with Gasteiger partial charge in [-0.3, -0.25) is 14.9 Å². The third kappa shape index (κ3) is 6.59. The van der Waals surface area contributed by atoms with Crippen molar-refractivity contribution in [2.75, 3.05) is 25.0 Å². The number of benzene rings is 3. The van der Waals surface area contributed by atoms with E-state index >= 15 is 0 Å². The maximum atomic E-state index is 13.4.